The van der Waals surface area contributed by atoms with E-state index < -0.39 is 12.2 Å². The van der Waals surface area contributed by atoms with Crippen molar-refractivity contribution in [3.63, 3.8) is 0 Å². The van der Waals surface area contributed by atoms with Gasteiger partial charge in [0, 0.05) is 0 Å². The number of hydrogen-bond acceptors (Lipinski definition) is 3. The van der Waals surface area contributed by atoms with Crippen LogP contribution >= 0.6 is 0 Å². The average molecular weight is 278 g/mol. The Kier molecular flexibility index (Phi) is 2.13. The van der Waals surface area contributed by atoms with E-state index in [1.54, 1.807) is 0 Å². The van der Waals surface area contributed by atoms with Crippen molar-refractivity contribution in [2.75, 3.05) is 0 Å². The molecule has 2 aliphatic rings. The summed E-state index contributed by atoms with van der Waals surface area (Å²) in [5.74, 6) is 0. The van der Waals surface area contributed by atoms with Crippen molar-refractivity contribution in [3.05, 3.63) is 59.7 Å². The molecule has 1 aliphatic heterocycles. The van der Waals surface area contributed by atoms with Crippen molar-refractivity contribution in [3.8, 4) is 0 Å². The zero-order valence-electron chi connectivity index (χ0n) is 11.2. The lowest BCUT2D eigenvalue weighted by Crippen LogP contribution is -2.29. The van der Waals surface area contributed by atoms with Crippen LogP contribution in [0.1, 0.15) is 23.3 Å². The molecule has 0 aromatic heterocycles. The summed E-state index contributed by atoms with van der Waals surface area (Å²) in [5, 5.41) is 24.9. The molecule has 0 amide bonds. The van der Waals surface area contributed by atoms with E-state index in [-0.39, 0.29) is 12.2 Å². The maximum absolute atomic E-state index is 10.3. The molecular weight excluding hydrogens is 264 g/mol. The van der Waals surface area contributed by atoms with E-state index in [1.165, 1.54) is 10.8 Å². The van der Waals surface area contributed by atoms with Crippen LogP contribution in [-0.2, 0) is 4.74 Å². The molecule has 1 aliphatic carbocycles. The predicted octanol–water partition coefficient (Wildman–Crippen LogP) is 2.84. The first-order valence-electron chi connectivity index (χ1n) is 7.21. The highest BCUT2D eigenvalue weighted by Crippen LogP contribution is 2.53. The number of rotatable bonds is 0. The molecule has 5 rings (SSSR count). The third-order valence-electron chi connectivity index (χ3n) is 4.75. The van der Waals surface area contributed by atoms with Crippen LogP contribution in [0.4, 0.5) is 0 Å². The zero-order valence-corrected chi connectivity index (χ0v) is 11.2. The fourth-order valence-electron chi connectivity index (χ4n) is 3.61. The highest BCUT2D eigenvalue weighted by atomic mass is 16.6. The number of aliphatic hydroxyl groups excluding tert-OH is 2. The first-order chi connectivity index (χ1) is 10.2. The predicted molar refractivity (Wildman–Crippen MR) is 80.0 cm³/mol. The molecule has 3 nitrogen and oxygen atoms in total. The molecular formula is C18H14O3. The maximum Gasteiger partial charge on any atom is 0.118 e. The van der Waals surface area contributed by atoms with Crippen molar-refractivity contribution in [2.45, 2.75) is 24.4 Å². The van der Waals surface area contributed by atoms with E-state index >= 15 is 0 Å². The van der Waals surface area contributed by atoms with Gasteiger partial charge >= 0.3 is 0 Å². The Morgan fingerprint density at radius 1 is 0.857 bits per heavy atom. The summed E-state index contributed by atoms with van der Waals surface area (Å²) in [7, 11) is 0. The van der Waals surface area contributed by atoms with Gasteiger partial charge in [0.1, 0.15) is 24.4 Å². The zero-order chi connectivity index (χ0) is 14.1. The first kappa shape index (κ1) is 11.7. The second kappa shape index (κ2) is 3.83. The minimum Gasteiger partial charge on any atom is -0.387 e. The fraction of sp³-hybridized carbons (Fsp3) is 0.222. The van der Waals surface area contributed by atoms with Gasteiger partial charge in [0.2, 0.25) is 0 Å². The summed E-state index contributed by atoms with van der Waals surface area (Å²) >= 11 is 0. The fourth-order valence-corrected chi connectivity index (χ4v) is 3.61. The third kappa shape index (κ3) is 1.48. The molecule has 3 aromatic rings. The van der Waals surface area contributed by atoms with Gasteiger partial charge in [-0.1, -0.05) is 36.4 Å². The Labute approximate surface area is 121 Å². The van der Waals surface area contributed by atoms with Gasteiger partial charge in [-0.2, -0.15) is 0 Å². The molecule has 0 unspecified atom stereocenters. The number of aliphatic hydroxyl groups is 2. The third-order valence-corrected chi connectivity index (χ3v) is 4.75. The number of benzene rings is 3. The van der Waals surface area contributed by atoms with E-state index in [1.807, 2.05) is 24.3 Å². The molecule has 3 aromatic carbocycles. The Bertz CT molecular complexity index is 886. The minimum atomic E-state index is -0.861. The maximum atomic E-state index is 10.3. The molecule has 1 fully saturated rings. The molecule has 1 heterocycles. The molecule has 3 heteroatoms. The van der Waals surface area contributed by atoms with Crippen molar-refractivity contribution in [1.29, 1.82) is 0 Å². The molecule has 0 bridgehead atoms. The average Bonchev–Trinajstić information content (AvgIpc) is 3.30. The van der Waals surface area contributed by atoms with Gasteiger partial charge in [-0.25, -0.2) is 0 Å². The van der Waals surface area contributed by atoms with Crippen molar-refractivity contribution < 1.29 is 14.9 Å². The summed E-state index contributed by atoms with van der Waals surface area (Å²) in [5.41, 5.74) is 1.84. The van der Waals surface area contributed by atoms with E-state index in [2.05, 4.69) is 24.3 Å². The monoisotopic (exact) mass is 278 g/mol. The smallest absolute Gasteiger partial charge is 0.118 e. The summed E-state index contributed by atoms with van der Waals surface area (Å²) in [4.78, 5) is 0. The van der Waals surface area contributed by atoms with Crippen molar-refractivity contribution in [1.82, 2.24) is 0 Å². The lowest BCUT2D eigenvalue weighted by atomic mass is 9.84. The van der Waals surface area contributed by atoms with Crippen LogP contribution in [0.5, 0.6) is 0 Å². The van der Waals surface area contributed by atoms with Crippen LogP contribution in [0, 0.1) is 0 Å². The Hall–Kier alpha value is -1.94. The van der Waals surface area contributed by atoms with Gasteiger partial charge in [-0.15, -0.1) is 0 Å². The number of hydrogen-bond donors (Lipinski definition) is 2. The van der Waals surface area contributed by atoms with Crippen LogP contribution in [0.2, 0.25) is 0 Å². The molecule has 104 valence electrons. The SMILES string of the molecule is O[C@@H]1[C@H]2O[C@H]2c2c(ccc3cc4ccccc4cc23)[C@H]1O. The van der Waals surface area contributed by atoms with Crippen LogP contribution in [0.3, 0.4) is 0 Å². The van der Waals surface area contributed by atoms with Crippen molar-refractivity contribution >= 4 is 21.5 Å². The molecule has 4 atom stereocenters. The highest BCUT2D eigenvalue weighted by molar-refractivity contribution is 6.00. The van der Waals surface area contributed by atoms with Crippen LogP contribution in [0.15, 0.2) is 48.5 Å². The summed E-state index contributed by atoms with van der Waals surface area (Å²) < 4.78 is 5.60. The molecule has 0 spiro atoms. The molecule has 2 N–H and O–H groups in total. The topological polar surface area (TPSA) is 53.0 Å². The second-order valence-electron chi connectivity index (χ2n) is 5.95. The van der Waals surface area contributed by atoms with Gasteiger partial charge in [0.25, 0.3) is 0 Å². The van der Waals surface area contributed by atoms with Gasteiger partial charge in [-0.3, -0.25) is 0 Å². The number of ether oxygens (including phenoxy) is 1. The quantitative estimate of drug-likeness (QED) is 0.491. The molecule has 21 heavy (non-hydrogen) atoms. The van der Waals surface area contributed by atoms with Crippen LogP contribution in [-0.4, -0.2) is 22.4 Å². The summed E-state index contributed by atoms with van der Waals surface area (Å²) in [6, 6.07) is 16.5. The molecule has 1 saturated heterocycles. The highest BCUT2D eigenvalue weighted by Gasteiger charge is 2.54. The largest absolute Gasteiger partial charge is 0.387 e. The minimum absolute atomic E-state index is 0.0803. The second-order valence-corrected chi connectivity index (χ2v) is 5.95. The van der Waals surface area contributed by atoms with E-state index in [4.69, 9.17) is 4.74 Å². The lowest BCUT2D eigenvalue weighted by molar-refractivity contribution is 0.000106. The number of epoxide rings is 1. The van der Waals surface area contributed by atoms with Gasteiger partial charge in [0.05, 0.1) is 0 Å². The molecule has 0 radical (unpaired) electrons. The molecule has 0 saturated carbocycles. The lowest BCUT2D eigenvalue weighted by Gasteiger charge is -2.24. The number of fused-ring (bicyclic) bond motifs is 6. The summed E-state index contributed by atoms with van der Waals surface area (Å²) in [6.45, 7) is 0. The Balaban J connectivity index is 1.87. The standard InChI is InChI=1S/C18H14O3/c19-15-12-6-5-11-7-9-3-1-2-4-10(9)8-13(11)14(12)17-18(21-17)16(15)20/h1-8,15-20H/t15-,16+,17+,18-/m1/s1. The van der Waals surface area contributed by atoms with Gasteiger partial charge < -0.3 is 14.9 Å². The van der Waals surface area contributed by atoms with Gasteiger partial charge in [0.15, 0.2) is 0 Å². The first-order valence-corrected chi connectivity index (χ1v) is 7.21. The summed E-state index contributed by atoms with van der Waals surface area (Å²) in [6.07, 6.45) is -2.02. The van der Waals surface area contributed by atoms with Crippen LogP contribution < -0.4 is 0 Å². The Morgan fingerprint density at radius 2 is 1.62 bits per heavy atom. The van der Waals surface area contributed by atoms with Crippen molar-refractivity contribution in [2.24, 2.45) is 0 Å². The van der Waals surface area contributed by atoms with E-state index in [0.29, 0.717) is 0 Å². The van der Waals surface area contributed by atoms with Crippen LogP contribution in [0.25, 0.3) is 21.5 Å². The normalized spacial score (nSPS) is 30.2. The van der Waals surface area contributed by atoms with E-state index in [0.717, 1.165) is 21.9 Å². The Morgan fingerprint density at radius 3 is 2.43 bits per heavy atom. The van der Waals surface area contributed by atoms with E-state index in [9.17, 15) is 10.2 Å². The van der Waals surface area contributed by atoms with Gasteiger partial charge in [-0.05, 0) is 44.8 Å².